The fourth-order valence-corrected chi connectivity index (χ4v) is 2.61. The van der Waals surface area contributed by atoms with Gasteiger partial charge in [-0.15, -0.1) is 0 Å². The molecule has 29 heavy (non-hydrogen) atoms. The predicted octanol–water partition coefficient (Wildman–Crippen LogP) is 2.31. The van der Waals surface area contributed by atoms with Crippen molar-refractivity contribution < 1.29 is 28.6 Å². The van der Waals surface area contributed by atoms with E-state index >= 15 is 0 Å². The first-order valence-electron chi connectivity index (χ1n) is 9.08. The highest BCUT2D eigenvalue weighted by atomic mass is 16.6. The highest BCUT2D eigenvalue weighted by molar-refractivity contribution is 5.98. The number of rotatable bonds is 8. The zero-order chi connectivity index (χ0) is 21.4. The number of hydrogen-bond acceptors (Lipinski definition) is 7. The maximum absolute atomic E-state index is 12.6. The molecule has 0 unspecified atom stereocenters. The fourth-order valence-electron chi connectivity index (χ4n) is 2.61. The van der Waals surface area contributed by atoms with Crippen molar-refractivity contribution in [2.24, 2.45) is 0 Å². The van der Waals surface area contributed by atoms with E-state index in [1.165, 1.54) is 33.2 Å². The normalized spacial score (nSPS) is 12.4. The van der Waals surface area contributed by atoms with Gasteiger partial charge in [0.05, 0.1) is 7.11 Å². The molecule has 0 spiro atoms. The van der Waals surface area contributed by atoms with Crippen molar-refractivity contribution in [2.45, 2.75) is 39.3 Å². The van der Waals surface area contributed by atoms with Crippen LogP contribution in [0.3, 0.4) is 0 Å². The Hall–Kier alpha value is -3.42. The number of carbonyl (C=O) groups is 3. The van der Waals surface area contributed by atoms with Crippen LogP contribution in [0.2, 0.25) is 0 Å². The molecule has 0 radical (unpaired) electrons. The molecule has 8 nitrogen and oxygen atoms in total. The standard InChI is InChI=1S/C21H24N2O6/c1-13(12-16-8-6-5-7-9-16)28-21(26)14(2)23-20(25)18-19(29-15(3)24)17(27-4)10-11-22-18/h5-11,13-14H,12H2,1-4H3,(H,23,25)/t13-,14-/m0/s1. The summed E-state index contributed by atoms with van der Waals surface area (Å²) in [6, 6.07) is 10.1. The number of pyridine rings is 1. The average Bonchev–Trinajstić information content (AvgIpc) is 2.68. The first-order valence-corrected chi connectivity index (χ1v) is 9.08. The lowest BCUT2D eigenvalue weighted by molar-refractivity contribution is -0.150. The van der Waals surface area contributed by atoms with E-state index in [0.29, 0.717) is 6.42 Å². The van der Waals surface area contributed by atoms with Crippen molar-refractivity contribution in [3.05, 3.63) is 53.9 Å². The van der Waals surface area contributed by atoms with E-state index in [1.54, 1.807) is 6.92 Å². The van der Waals surface area contributed by atoms with Gasteiger partial charge in [-0.25, -0.2) is 9.78 Å². The highest BCUT2D eigenvalue weighted by Crippen LogP contribution is 2.29. The highest BCUT2D eigenvalue weighted by Gasteiger charge is 2.25. The Kier molecular flexibility index (Phi) is 7.70. The van der Waals surface area contributed by atoms with Crippen molar-refractivity contribution in [3.8, 4) is 11.5 Å². The van der Waals surface area contributed by atoms with Crippen LogP contribution in [-0.4, -0.2) is 42.1 Å². The molecule has 0 aliphatic heterocycles. The number of carbonyl (C=O) groups excluding carboxylic acids is 3. The molecule has 1 amide bonds. The summed E-state index contributed by atoms with van der Waals surface area (Å²) in [4.78, 5) is 40.2. The molecule has 1 aromatic carbocycles. The molecule has 0 fully saturated rings. The van der Waals surface area contributed by atoms with Crippen LogP contribution in [0, 0.1) is 0 Å². The molecule has 0 saturated carbocycles. The van der Waals surface area contributed by atoms with Crippen LogP contribution in [0.1, 0.15) is 36.8 Å². The predicted molar refractivity (Wildman–Crippen MR) is 105 cm³/mol. The maximum Gasteiger partial charge on any atom is 0.328 e. The van der Waals surface area contributed by atoms with Crippen LogP contribution in [0.15, 0.2) is 42.6 Å². The van der Waals surface area contributed by atoms with Crippen molar-refractivity contribution in [1.82, 2.24) is 10.3 Å². The van der Waals surface area contributed by atoms with E-state index in [-0.39, 0.29) is 23.3 Å². The lowest BCUT2D eigenvalue weighted by atomic mass is 10.1. The van der Waals surface area contributed by atoms with Gasteiger partial charge in [0.1, 0.15) is 12.1 Å². The summed E-state index contributed by atoms with van der Waals surface area (Å²) in [5.41, 5.74) is 0.868. The van der Waals surface area contributed by atoms with Crippen molar-refractivity contribution >= 4 is 17.8 Å². The second kappa shape index (κ2) is 10.2. The van der Waals surface area contributed by atoms with Crippen LogP contribution in [0.5, 0.6) is 11.5 Å². The van der Waals surface area contributed by atoms with E-state index in [2.05, 4.69) is 10.3 Å². The van der Waals surface area contributed by atoms with Crippen molar-refractivity contribution in [2.75, 3.05) is 7.11 Å². The van der Waals surface area contributed by atoms with Gasteiger partial charge >= 0.3 is 11.9 Å². The van der Waals surface area contributed by atoms with Crippen LogP contribution >= 0.6 is 0 Å². The number of hydrogen-bond donors (Lipinski definition) is 1. The molecule has 1 aromatic heterocycles. The number of nitrogens with zero attached hydrogens (tertiary/aromatic N) is 1. The molecule has 0 aliphatic carbocycles. The summed E-state index contributed by atoms with van der Waals surface area (Å²) in [6.07, 6.45) is 1.53. The number of aromatic nitrogens is 1. The third-order valence-corrected chi connectivity index (χ3v) is 3.93. The second-order valence-corrected chi connectivity index (χ2v) is 6.42. The molecule has 1 N–H and O–H groups in total. The Bertz CT molecular complexity index is 869. The van der Waals surface area contributed by atoms with E-state index in [1.807, 2.05) is 30.3 Å². The zero-order valence-corrected chi connectivity index (χ0v) is 16.8. The number of ether oxygens (including phenoxy) is 3. The first kappa shape index (κ1) is 21.9. The monoisotopic (exact) mass is 400 g/mol. The number of benzene rings is 1. The van der Waals surface area contributed by atoms with Gasteiger partial charge in [0, 0.05) is 25.6 Å². The fraction of sp³-hybridized carbons (Fsp3) is 0.333. The summed E-state index contributed by atoms with van der Waals surface area (Å²) in [5, 5.41) is 2.51. The van der Waals surface area contributed by atoms with Gasteiger partial charge in [-0.1, -0.05) is 30.3 Å². The summed E-state index contributed by atoms with van der Waals surface area (Å²) in [7, 11) is 1.37. The third kappa shape index (κ3) is 6.31. The summed E-state index contributed by atoms with van der Waals surface area (Å²) in [6.45, 7) is 4.48. The largest absolute Gasteiger partial charge is 0.493 e. The van der Waals surface area contributed by atoms with Crippen LogP contribution in [-0.2, 0) is 20.7 Å². The summed E-state index contributed by atoms with van der Waals surface area (Å²) in [5.74, 6) is -1.85. The van der Waals surface area contributed by atoms with Gasteiger partial charge in [0.2, 0.25) is 5.75 Å². The molecular formula is C21H24N2O6. The molecule has 0 bridgehead atoms. The summed E-state index contributed by atoms with van der Waals surface area (Å²) < 4.78 is 15.6. The lowest BCUT2D eigenvalue weighted by Gasteiger charge is -2.18. The van der Waals surface area contributed by atoms with Gasteiger partial charge in [0.15, 0.2) is 11.4 Å². The summed E-state index contributed by atoms with van der Waals surface area (Å²) >= 11 is 0. The Morgan fingerprint density at radius 2 is 1.79 bits per heavy atom. The molecule has 0 aliphatic rings. The Labute approximate surface area is 169 Å². The molecule has 2 atom stereocenters. The molecular weight excluding hydrogens is 376 g/mol. The van der Waals surface area contributed by atoms with E-state index in [0.717, 1.165) is 5.56 Å². The van der Waals surface area contributed by atoms with E-state index in [9.17, 15) is 14.4 Å². The van der Waals surface area contributed by atoms with E-state index in [4.69, 9.17) is 14.2 Å². The third-order valence-electron chi connectivity index (χ3n) is 3.93. The Morgan fingerprint density at radius 1 is 1.10 bits per heavy atom. The van der Waals surface area contributed by atoms with Crippen LogP contribution in [0.4, 0.5) is 0 Å². The quantitative estimate of drug-likeness (QED) is 0.678. The molecule has 0 saturated heterocycles. The molecule has 2 aromatic rings. The number of esters is 2. The molecule has 8 heteroatoms. The van der Waals surface area contributed by atoms with Crippen LogP contribution in [0.25, 0.3) is 0 Å². The van der Waals surface area contributed by atoms with Crippen molar-refractivity contribution in [3.63, 3.8) is 0 Å². The topological polar surface area (TPSA) is 104 Å². The minimum atomic E-state index is -0.932. The van der Waals surface area contributed by atoms with Gasteiger partial charge in [-0.05, 0) is 19.4 Å². The number of methoxy groups -OCH3 is 1. The Balaban J connectivity index is 2.02. The van der Waals surface area contributed by atoms with Crippen LogP contribution < -0.4 is 14.8 Å². The van der Waals surface area contributed by atoms with Gasteiger partial charge < -0.3 is 19.5 Å². The van der Waals surface area contributed by atoms with Crippen molar-refractivity contribution in [1.29, 1.82) is 0 Å². The molecule has 154 valence electrons. The first-order chi connectivity index (χ1) is 13.8. The van der Waals surface area contributed by atoms with Gasteiger partial charge in [-0.3, -0.25) is 9.59 Å². The zero-order valence-electron chi connectivity index (χ0n) is 16.8. The van der Waals surface area contributed by atoms with Gasteiger partial charge in [0.25, 0.3) is 5.91 Å². The minimum absolute atomic E-state index is 0.113. The Morgan fingerprint density at radius 3 is 2.41 bits per heavy atom. The maximum atomic E-state index is 12.6. The number of nitrogens with one attached hydrogen (secondary N) is 1. The second-order valence-electron chi connectivity index (χ2n) is 6.42. The molecule has 1 heterocycles. The molecule has 2 rings (SSSR count). The minimum Gasteiger partial charge on any atom is -0.493 e. The van der Waals surface area contributed by atoms with E-state index < -0.39 is 23.9 Å². The van der Waals surface area contributed by atoms with Gasteiger partial charge in [-0.2, -0.15) is 0 Å². The number of amides is 1. The average molecular weight is 400 g/mol. The lowest BCUT2D eigenvalue weighted by Crippen LogP contribution is -2.41. The SMILES string of the molecule is COc1ccnc(C(=O)N[C@@H](C)C(=O)O[C@@H](C)Cc2ccccc2)c1OC(C)=O. The smallest absolute Gasteiger partial charge is 0.328 e.